The molecular formula is C19H23ClFNO3. The van der Waals surface area contributed by atoms with E-state index < -0.39 is 6.10 Å². The first-order chi connectivity index (χ1) is 12.0. The largest absolute Gasteiger partial charge is 0.490 e. The van der Waals surface area contributed by atoms with Gasteiger partial charge in [-0.1, -0.05) is 23.7 Å². The Morgan fingerprint density at radius 2 is 1.96 bits per heavy atom. The first-order valence-electron chi connectivity index (χ1n) is 8.20. The molecule has 0 amide bonds. The molecule has 0 aromatic heterocycles. The molecule has 0 saturated carbocycles. The highest BCUT2D eigenvalue weighted by molar-refractivity contribution is 6.31. The van der Waals surface area contributed by atoms with Gasteiger partial charge in [0.15, 0.2) is 11.5 Å². The van der Waals surface area contributed by atoms with Gasteiger partial charge in [0.05, 0.1) is 17.7 Å². The van der Waals surface area contributed by atoms with Crippen LogP contribution in [0.25, 0.3) is 0 Å². The number of benzene rings is 2. The molecule has 0 heterocycles. The minimum absolute atomic E-state index is 0.221. The van der Waals surface area contributed by atoms with Gasteiger partial charge in [0.1, 0.15) is 12.4 Å². The lowest BCUT2D eigenvalue weighted by Gasteiger charge is -2.14. The van der Waals surface area contributed by atoms with Crippen molar-refractivity contribution in [2.75, 3.05) is 13.2 Å². The van der Waals surface area contributed by atoms with Crippen molar-refractivity contribution in [3.63, 3.8) is 0 Å². The Labute approximate surface area is 152 Å². The van der Waals surface area contributed by atoms with Crippen molar-refractivity contribution in [1.29, 1.82) is 0 Å². The molecule has 2 aromatic rings. The fourth-order valence-corrected chi connectivity index (χ4v) is 2.49. The topological polar surface area (TPSA) is 50.7 Å². The summed E-state index contributed by atoms with van der Waals surface area (Å²) in [5.74, 6) is 0.858. The minimum Gasteiger partial charge on any atom is -0.490 e. The molecule has 0 radical (unpaired) electrons. The normalized spacial score (nSPS) is 12.0. The summed E-state index contributed by atoms with van der Waals surface area (Å²) < 4.78 is 24.6. The molecular weight excluding hydrogens is 345 g/mol. The summed E-state index contributed by atoms with van der Waals surface area (Å²) in [4.78, 5) is 0. The van der Waals surface area contributed by atoms with E-state index in [-0.39, 0.29) is 12.4 Å². The van der Waals surface area contributed by atoms with E-state index in [9.17, 15) is 9.50 Å². The summed E-state index contributed by atoms with van der Waals surface area (Å²) in [6.45, 7) is 5.51. The van der Waals surface area contributed by atoms with Crippen LogP contribution >= 0.6 is 11.6 Å². The van der Waals surface area contributed by atoms with Crippen LogP contribution in [0, 0.1) is 5.82 Å². The Bertz CT molecular complexity index is 694. The number of hydrogen-bond acceptors (Lipinski definition) is 4. The van der Waals surface area contributed by atoms with Crippen molar-refractivity contribution < 1.29 is 19.0 Å². The zero-order chi connectivity index (χ0) is 18.2. The maximum atomic E-state index is 13.1. The summed E-state index contributed by atoms with van der Waals surface area (Å²) in [6, 6.07) is 9.89. The first kappa shape index (κ1) is 19.5. The summed E-state index contributed by atoms with van der Waals surface area (Å²) in [6.07, 6.45) is -0.394. The second-order valence-electron chi connectivity index (χ2n) is 5.72. The summed E-state index contributed by atoms with van der Waals surface area (Å²) in [5, 5.41) is 12.8. The minimum atomic E-state index is -0.394. The molecule has 0 fully saturated rings. The van der Waals surface area contributed by atoms with Crippen molar-refractivity contribution in [1.82, 2.24) is 5.32 Å². The standard InChI is InChI=1S/C19H23ClFNO3/c1-3-24-19-8-14(11-22-10-13(2)23)4-7-18(19)25-12-15-5-6-16(21)9-17(15)20/h4-9,13,22-23H,3,10-12H2,1-2H3/t13-/m1/s1. The Kier molecular flexibility index (Phi) is 7.50. The molecule has 2 N–H and O–H groups in total. The van der Waals surface area contributed by atoms with Crippen LogP contribution in [-0.4, -0.2) is 24.4 Å². The van der Waals surface area contributed by atoms with Gasteiger partial charge in [0, 0.05) is 18.7 Å². The van der Waals surface area contributed by atoms with Crippen LogP contribution in [0.4, 0.5) is 4.39 Å². The van der Waals surface area contributed by atoms with Crippen molar-refractivity contribution in [2.45, 2.75) is 33.1 Å². The molecule has 6 heteroatoms. The third-order valence-electron chi connectivity index (χ3n) is 3.48. The van der Waals surface area contributed by atoms with Crippen LogP contribution < -0.4 is 14.8 Å². The second kappa shape index (κ2) is 9.61. The Balaban J connectivity index is 2.05. The maximum Gasteiger partial charge on any atom is 0.161 e. The third-order valence-corrected chi connectivity index (χ3v) is 3.83. The van der Waals surface area contributed by atoms with E-state index >= 15 is 0 Å². The molecule has 136 valence electrons. The quantitative estimate of drug-likeness (QED) is 0.705. The van der Waals surface area contributed by atoms with E-state index in [0.29, 0.717) is 41.8 Å². The van der Waals surface area contributed by atoms with Gasteiger partial charge in [-0.15, -0.1) is 0 Å². The lowest BCUT2D eigenvalue weighted by molar-refractivity contribution is 0.191. The monoisotopic (exact) mass is 367 g/mol. The highest BCUT2D eigenvalue weighted by Crippen LogP contribution is 2.30. The fourth-order valence-electron chi connectivity index (χ4n) is 2.27. The lowest BCUT2D eigenvalue weighted by Crippen LogP contribution is -2.23. The summed E-state index contributed by atoms with van der Waals surface area (Å²) in [7, 11) is 0. The Hall–Kier alpha value is -1.82. The number of hydrogen-bond donors (Lipinski definition) is 2. The van der Waals surface area contributed by atoms with Gasteiger partial charge in [-0.25, -0.2) is 4.39 Å². The zero-order valence-electron chi connectivity index (χ0n) is 14.4. The fraction of sp³-hybridized carbons (Fsp3) is 0.368. The number of rotatable bonds is 9. The van der Waals surface area contributed by atoms with Crippen LogP contribution in [0.1, 0.15) is 25.0 Å². The van der Waals surface area contributed by atoms with Crippen LogP contribution in [0.5, 0.6) is 11.5 Å². The van der Waals surface area contributed by atoms with Gasteiger partial charge in [-0.2, -0.15) is 0 Å². The molecule has 0 bridgehead atoms. The van der Waals surface area contributed by atoms with Crippen LogP contribution in [0.15, 0.2) is 36.4 Å². The van der Waals surface area contributed by atoms with E-state index in [0.717, 1.165) is 5.56 Å². The number of ether oxygens (including phenoxy) is 2. The maximum absolute atomic E-state index is 13.1. The highest BCUT2D eigenvalue weighted by atomic mass is 35.5. The van der Waals surface area contributed by atoms with Crippen LogP contribution in [0.3, 0.4) is 0 Å². The van der Waals surface area contributed by atoms with Crippen molar-refractivity contribution >= 4 is 11.6 Å². The molecule has 0 saturated heterocycles. The predicted octanol–water partition coefficient (Wildman–Crippen LogP) is 3.93. The first-order valence-corrected chi connectivity index (χ1v) is 8.58. The molecule has 0 aliphatic rings. The highest BCUT2D eigenvalue weighted by Gasteiger charge is 2.09. The molecule has 0 unspecified atom stereocenters. The molecule has 25 heavy (non-hydrogen) atoms. The van der Waals surface area contributed by atoms with Crippen molar-refractivity contribution in [3.05, 3.63) is 58.4 Å². The van der Waals surface area contributed by atoms with E-state index in [1.54, 1.807) is 13.0 Å². The van der Waals surface area contributed by atoms with Gasteiger partial charge in [-0.05, 0) is 43.7 Å². The SMILES string of the molecule is CCOc1cc(CNC[C@@H](C)O)ccc1OCc1ccc(F)cc1Cl. The van der Waals surface area contributed by atoms with Gasteiger partial charge >= 0.3 is 0 Å². The van der Waals surface area contributed by atoms with Gasteiger partial charge < -0.3 is 19.9 Å². The number of halogens is 2. The van der Waals surface area contributed by atoms with E-state index in [1.807, 2.05) is 25.1 Å². The van der Waals surface area contributed by atoms with E-state index in [4.69, 9.17) is 21.1 Å². The zero-order valence-corrected chi connectivity index (χ0v) is 15.1. The third kappa shape index (κ3) is 6.20. The van der Waals surface area contributed by atoms with Gasteiger partial charge in [-0.3, -0.25) is 0 Å². The molecule has 4 nitrogen and oxygen atoms in total. The van der Waals surface area contributed by atoms with E-state index in [2.05, 4.69) is 5.32 Å². The lowest BCUT2D eigenvalue weighted by atomic mass is 10.2. The average Bonchev–Trinajstić information content (AvgIpc) is 2.55. The van der Waals surface area contributed by atoms with Gasteiger partial charge in [0.25, 0.3) is 0 Å². The summed E-state index contributed by atoms with van der Waals surface area (Å²) >= 11 is 6.02. The number of aliphatic hydroxyl groups is 1. The average molecular weight is 368 g/mol. The Morgan fingerprint density at radius 3 is 2.64 bits per heavy atom. The predicted molar refractivity (Wildman–Crippen MR) is 96.7 cm³/mol. The van der Waals surface area contributed by atoms with Crippen LogP contribution in [0.2, 0.25) is 5.02 Å². The van der Waals surface area contributed by atoms with Crippen molar-refractivity contribution in [3.8, 4) is 11.5 Å². The van der Waals surface area contributed by atoms with Crippen LogP contribution in [-0.2, 0) is 13.2 Å². The molecule has 0 spiro atoms. The summed E-state index contributed by atoms with van der Waals surface area (Å²) in [5.41, 5.74) is 1.73. The molecule has 0 aliphatic carbocycles. The molecule has 0 aliphatic heterocycles. The van der Waals surface area contributed by atoms with Crippen molar-refractivity contribution in [2.24, 2.45) is 0 Å². The van der Waals surface area contributed by atoms with Gasteiger partial charge in [0.2, 0.25) is 0 Å². The Morgan fingerprint density at radius 1 is 1.16 bits per heavy atom. The smallest absolute Gasteiger partial charge is 0.161 e. The number of nitrogens with one attached hydrogen (secondary N) is 1. The molecule has 2 rings (SSSR count). The second-order valence-corrected chi connectivity index (χ2v) is 6.13. The number of aliphatic hydroxyl groups excluding tert-OH is 1. The molecule has 1 atom stereocenters. The van der Waals surface area contributed by atoms with E-state index in [1.165, 1.54) is 12.1 Å². The molecule has 2 aromatic carbocycles.